The van der Waals surface area contributed by atoms with Crippen molar-refractivity contribution in [3.05, 3.63) is 0 Å². The van der Waals surface area contributed by atoms with Gasteiger partial charge in [-0.25, -0.2) is 0 Å². The van der Waals surface area contributed by atoms with Crippen LogP contribution < -0.4 is 16.8 Å². The Morgan fingerprint density at radius 2 is 1.79 bits per heavy atom. The molecule has 1 unspecified atom stereocenters. The highest BCUT2D eigenvalue weighted by Gasteiger charge is 2.01. The average Bonchev–Trinajstić information content (AvgIpc) is 2.12. The third-order valence-corrected chi connectivity index (χ3v) is 1.94. The van der Waals surface area contributed by atoms with Gasteiger partial charge >= 0.3 is 0 Å². The molecule has 0 aliphatic heterocycles. The highest BCUT2D eigenvalue weighted by molar-refractivity contribution is 4.61. The van der Waals surface area contributed by atoms with E-state index in [-0.39, 0.29) is 6.10 Å². The van der Waals surface area contributed by atoms with Gasteiger partial charge in [-0.05, 0) is 6.92 Å². The van der Waals surface area contributed by atoms with Gasteiger partial charge in [0.15, 0.2) is 0 Å². The smallest absolute Gasteiger partial charge is 0.0636 e. The van der Waals surface area contributed by atoms with Crippen molar-refractivity contribution in [2.24, 2.45) is 11.5 Å². The van der Waals surface area contributed by atoms with Crippen molar-refractivity contribution in [1.82, 2.24) is 10.2 Å². The molecule has 5 heteroatoms. The van der Waals surface area contributed by atoms with Crippen molar-refractivity contribution >= 4 is 0 Å². The van der Waals surface area contributed by atoms with Crippen LogP contribution >= 0.6 is 0 Å². The van der Waals surface area contributed by atoms with E-state index >= 15 is 0 Å². The van der Waals surface area contributed by atoms with Crippen molar-refractivity contribution in [2.75, 3.05) is 45.8 Å². The molecule has 0 rings (SSSR count). The Labute approximate surface area is 86.4 Å². The maximum Gasteiger partial charge on any atom is 0.0636 e. The van der Waals surface area contributed by atoms with E-state index in [9.17, 15) is 0 Å². The first-order valence-corrected chi connectivity index (χ1v) is 5.22. The SMILES string of the molecule is CC(O)CNCCN(CCN)CCN. The Morgan fingerprint density at radius 1 is 1.21 bits per heavy atom. The first kappa shape index (κ1) is 13.8. The summed E-state index contributed by atoms with van der Waals surface area (Å²) < 4.78 is 0. The monoisotopic (exact) mass is 204 g/mol. The average molecular weight is 204 g/mol. The predicted molar refractivity (Wildman–Crippen MR) is 59.1 cm³/mol. The summed E-state index contributed by atoms with van der Waals surface area (Å²) in [6.07, 6.45) is -0.285. The fourth-order valence-corrected chi connectivity index (χ4v) is 1.25. The van der Waals surface area contributed by atoms with Gasteiger partial charge in [-0.2, -0.15) is 0 Å². The van der Waals surface area contributed by atoms with Crippen molar-refractivity contribution in [3.63, 3.8) is 0 Å². The molecular formula is C9H24N4O. The van der Waals surface area contributed by atoms with Crippen LogP contribution in [0.15, 0.2) is 0 Å². The Morgan fingerprint density at radius 3 is 2.21 bits per heavy atom. The molecule has 0 aromatic carbocycles. The van der Waals surface area contributed by atoms with Gasteiger partial charge in [-0.15, -0.1) is 0 Å². The van der Waals surface area contributed by atoms with Crippen molar-refractivity contribution in [2.45, 2.75) is 13.0 Å². The van der Waals surface area contributed by atoms with E-state index in [2.05, 4.69) is 10.2 Å². The van der Waals surface area contributed by atoms with Crippen molar-refractivity contribution in [3.8, 4) is 0 Å². The molecule has 0 spiro atoms. The fourth-order valence-electron chi connectivity index (χ4n) is 1.25. The molecule has 5 nitrogen and oxygen atoms in total. The fraction of sp³-hybridized carbons (Fsp3) is 1.00. The molecule has 6 N–H and O–H groups in total. The van der Waals surface area contributed by atoms with Crippen LogP contribution in [0, 0.1) is 0 Å². The van der Waals surface area contributed by atoms with Gasteiger partial charge in [0.1, 0.15) is 0 Å². The van der Waals surface area contributed by atoms with Gasteiger partial charge in [0, 0.05) is 45.8 Å². The summed E-state index contributed by atoms with van der Waals surface area (Å²) in [6.45, 7) is 7.30. The zero-order chi connectivity index (χ0) is 10.8. The number of aliphatic hydroxyl groups is 1. The van der Waals surface area contributed by atoms with E-state index in [1.807, 2.05) is 0 Å². The maximum atomic E-state index is 9.01. The highest BCUT2D eigenvalue weighted by Crippen LogP contribution is 1.84. The molecule has 0 bridgehead atoms. The number of rotatable bonds is 9. The molecule has 0 saturated heterocycles. The minimum Gasteiger partial charge on any atom is -0.392 e. The van der Waals surface area contributed by atoms with Crippen LogP contribution in [0.4, 0.5) is 0 Å². The lowest BCUT2D eigenvalue weighted by molar-refractivity contribution is 0.188. The maximum absolute atomic E-state index is 9.01. The number of aliphatic hydroxyl groups excluding tert-OH is 1. The standard InChI is InChI=1S/C9H24N4O/c1-9(14)8-12-4-7-13(5-2-10)6-3-11/h9,12,14H,2-8,10-11H2,1H3. The van der Waals surface area contributed by atoms with E-state index < -0.39 is 0 Å². The van der Waals surface area contributed by atoms with E-state index in [1.165, 1.54) is 0 Å². The summed E-state index contributed by atoms with van der Waals surface area (Å²) >= 11 is 0. The summed E-state index contributed by atoms with van der Waals surface area (Å²) in [6, 6.07) is 0. The lowest BCUT2D eigenvalue weighted by atomic mass is 10.4. The van der Waals surface area contributed by atoms with Crippen LogP contribution in [0.5, 0.6) is 0 Å². The molecule has 0 aromatic rings. The van der Waals surface area contributed by atoms with Crippen LogP contribution in [0.1, 0.15) is 6.92 Å². The quantitative estimate of drug-likeness (QED) is 0.332. The van der Waals surface area contributed by atoms with Crippen LogP contribution in [-0.2, 0) is 0 Å². The van der Waals surface area contributed by atoms with Crippen LogP contribution in [-0.4, -0.2) is 61.9 Å². The third kappa shape index (κ3) is 8.40. The molecule has 0 aliphatic rings. The number of nitrogens with two attached hydrogens (primary N) is 2. The normalized spacial score (nSPS) is 13.5. The summed E-state index contributed by atoms with van der Waals surface area (Å²) in [4.78, 5) is 2.22. The lowest BCUT2D eigenvalue weighted by Crippen LogP contribution is -2.39. The molecule has 0 aliphatic carbocycles. The summed E-state index contributed by atoms with van der Waals surface area (Å²) in [7, 11) is 0. The zero-order valence-corrected chi connectivity index (χ0v) is 9.08. The Kier molecular flexibility index (Phi) is 9.23. The summed E-state index contributed by atoms with van der Waals surface area (Å²) in [5.74, 6) is 0. The second-order valence-electron chi connectivity index (χ2n) is 3.47. The Bertz CT molecular complexity index is 115. The second kappa shape index (κ2) is 9.36. The van der Waals surface area contributed by atoms with Crippen molar-refractivity contribution in [1.29, 1.82) is 0 Å². The molecule has 0 amide bonds. The molecule has 0 radical (unpaired) electrons. The predicted octanol–water partition coefficient (Wildman–Crippen LogP) is -1.82. The number of hydrogen-bond acceptors (Lipinski definition) is 5. The number of nitrogens with zero attached hydrogens (tertiary/aromatic N) is 1. The molecule has 1 atom stereocenters. The molecule has 0 fully saturated rings. The lowest BCUT2D eigenvalue weighted by Gasteiger charge is -2.20. The van der Waals surface area contributed by atoms with E-state index in [0.29, 0.717) is 19.6 Å². The van der Waals surface area contributed by atoms with E-state index in [0.717, 1.165) is 26.2 Å². The largest absolute Gasteiger partial charge is 0.392 e. The van der Waals surface area contributed by atoms with E-state index in [4.69, 9.17) is 16.6 Å². The Balaban J connectivity index is 3.40. The minimum atomic E-state index is -0.285. The molecule has 14 heavy (non-hydrogen) atoms. The van der Waals surface area contributed by atoms with Crippen LogP contribution in [0.2, 0.25) is 0 Å². The molecule has 86 valence electrons. The topological polar surface area (TPSA) is 87.5 Å². The molecular weight excluding hydrogens is 180 g/mol. The van der Waals surface area contributed by atoms with Gasteiger partial charge in [0.2, 0.25) is 0 Å². The minimum absolute atomic E-state index is 0.285. The summed E-state index contributed by atoms with van der Waals surface area (Å²) in [5, 5.41) is 12.2. The van der Waals surface area contributed by atoms with Crippen LogP contribution in [0.3, 0.4) is 0 Å². The van der Waals surface area contributed by atoms with Gasteiger partial charge in [0.05, 0.1) is 6.10 Å². The number of hydrogen-bond donors (Lipinski definition) is 4. The molecule has 0 heterocycles. The van der Waals surface area contributed by atoms with Gasteiger partial charge in [0.25, 0.3) is 0 Å². The highest BCUT2D eigenvalue weighted by atomic mass is 16.3. The second-order valence-corrected chi connectivity index (χ2v) is 3.47. The van der Waals surface area contributed by atoms with Gasteiger partial charge in [-0.3, -0.25) is 4.90 Å². The van der Waals surface area contributed by atoms with Crippen molar-refractivity contribution < 1.29 is 5.11 Å². The molecule has 0 saturated carbocycles. The van der Waals surface area contributed by atoms with Gasteiger partial charge in [-0.1, -0.05) is 0 Å². The van der Waals surface area contributed by atoms with Gasteiger partial charge < -0.3 is 21.9 Å². The zero-order valence-electron chi connectivity index (χ0n) is 9.08. The van der Waals surface area contributed by atoms with E-state index in [1.54, 1.807) is 6.92 Å². The summed E-state index contributed by atoms with van der Waals surface area (Å²) in [5.41, 5.74) is 10.9. The first-order chi connectivity index (χ1) is 6.70. The number of nitrogens with one attached hydrogen (secondary N) is 1. The first-order valence-electron chi connectivity index (χ1n) is 5.22. The third-order valence-electron chi connectivity index (χ3n) is 1.94. The molecule has 0 aromatic heterocycles. The van der Waals surface area contributed by atoms with Crippen LogP contribution in [0.25, 0.3) is 0 Å². The Hall–Kier alpha value is -0.200.